The summed E-state index contributed by atoms with van der Waals surface area (Å²) in [6, 6.07) is 6.58. The summed E-state index contributed by atoms with van der Waals surface area (Å²) in [5.41, 5.74) is 0.536. The predicted molar refractivity (Wildman–Crippen MR) is 80.0 cm³/mol. The van der Waals surface area contributed by atoms with Gasteiger partial charge in [-0.2, -0.15) is 0 Å². The Morgan fingerprint density at radius 3 is 2.81 bits per heavy atom. The maximum Gasteiger partial charge on any atom is 0.241 e. The molecule has 21 heavy (non-hydrogen) atoms. The lowest BCUT2D eigenvalue weighted by Gasteiger charge is -2.12. The molecular weight excluding hydrogens is 292 g/mol. The Hall–Kier alpha value is -1.70. The van der Waals surface area contributed by atoms with Crippen LogP contribution in [0.25, 0.3) is 10.9 Å². The maximum absolute atomic E-state index is 12.4. The van der Waals surface area contributed by atoms with Gasteiger partial charge in [-0.05, 0) is 31.2 Å². The number of methoxy groups -OCH3 is 1. The number of nitrogens with one attached hydrogen (secondary N) is 1. The lowest BCUT2D eigenvalue weighted by atomic mass is 10.2. The lowest BCUT2D eigenvalue weighted by molar-refractivity contribution is 0.204. The average Bonchev–Trinajstić information content (AvgIpc) is 2.48. The second-order valence-corrected chi connectivity index (χ2v) is 6.02. The molecule has 0 fully saturated rings. The Balaban J connectivity index is 2.48. The summed E-state index contributed by atoms with van der Waals surface area (Å²) in [4.78, 5) is 4.41. The SMILES string of the molecule is CCOc1ccc(S(=O)(=O)NCCOC)c2cccnc12. The monoisotopic (exact) mass is 310 g/mol. The van der Waals surface area contributed by atoms with E-state index >= 15 is 0 Å². The minimum Gasteiger partial charge on any atom is -0.492 e. The molecule has 1 heterocycles. The van der Waals surface area contributed by atoms with Crippen molar-refractivity contribution < 1.29 is 17.9 Å². The maximum atomic E-state index is 12.4. The summed E-state index contributed by atoms with van der Waals surface area (Å²) in [7, 11) is -2.10. The highest BCUT2D eigenvalue weighted by atomic mass is 32.2. The third-order valence-corrected chi connectivity index (χ3v) is 4.40. The van der Waals surface area contributed by atoms with Gasteiger partial charge in [-0.25, -0.2) is 13.1 Å². The molecule has 0 amide bonds. The fraction of sp³-hybridized carbons (Fsp3) is 0.357. The highest BCUT2D eigenvalue weighted by Crippen LogP contribution is 2.29. The first-order chi connectivity index (χ1) is 10.1. The number of nitrogens with zero attached hydrogens (tertiary/aromatic N) is 1. The molecule has 0 saturated carbocycles. The molecule has 1 aromatic heterocycles. The Labute approximate surface area is 124 Å². The van der Waals surface area contributed by atoms with Crippen LogP contribution in [0.3, 0.4) is 0 Å². The Morgan fingerprint density at radius 1 is 1.29 bits per heavy atom. The van der Waals surface area contributed by atoms with Crippen molar-refractivity contribution in [3.63, 3.8) is 0 Å². The van der Waals surface area contributed by atoms with Gasteiger partial charge in [-0.15, -0.1) is 0 Å². The number of ether oxygens (including phenoxy) is 2. The number of fused-ring (bicyclic) bond motifs is 1. The van der Waals surface area contributed by atoms with Crippen LogP contribution in [0, 0.1) is 0 Å². The highest BCUT2D eigenvalue weighted by Gasteiger charge is 2.19. The van der Waals surface area contributed by atoms with Crippen molar-refractivity contribution >= 4 is 20.9 Å². The van der Waals surface area contributed by atoms with Crippen molar-refractivity contribution in [1.82, 2.24) is 9.71 Å². The molecule has 2 rings (SSSR count). The van der Waals surface area contributed by atoms with Gasteiger partial charge in [0.05, 0.1) is 18.1 Å². The molecular formula is C14H18N2O4S. The number of rotatable bonds is 7. The first kappa shape index (κ1) is 15.7. The van der Waals surface area contributed by atoms with Crippen LogP contribution < -0.4 is 9.46 Å². The van der Waals surface area contributed by atoms with Crippen molar-refractivity contribution in [2.24, 2.45) is 0 Å². The zero-order chi connectivity index (χ0) is 15.3. The molecule has 0 aliphatic carbocycles. The highest BCUT2D eigenvalue weighted by molar-refractivity contribution is 7.89. The summed E-state index contributed by atoms with van der Waals surface area (Å²) in [6.45, 7) is 2.88. The van der Waals surface area contributed by atoms with Crippen LogP contribution in [0.4, 0.5) is 0 Å². The fourth-order valence-corrected chi connectivity index (χ4v) is 3.19. The molecule has 1 aromatic carbocycles. The van der Waals surface area contributed by atoms with Gasteiger partial charge in [0.2, 0.25) is 10.0 Å². The largest absolute Gasteiger partial charge is 0.492 e. The van der Waals surface area contributed by atoms with E-state index in [9.17, 15) is 8.42 Å². The second kappa shape index (κ2) is 6.84. The third-order valence-electron chi connectivity index (χ3n) is 2.88. The smallest absolute Gasteiger partial charge is 0.241 e. The minimum absolute atomic E-state index is 0.185. The van der Waals surface area contributed by atoms with E-state index < -0.39 is 10.0 Å². The minimum atomic E-state index is -3.62. The van der Waals surface area contributed by atoms with Crippen LogP contribution in [0.2, 0.25) is 0 Å². The van der Waals surface area contributed by atoms with Gasteiger partial charge in [0.25, 0.3) is 0 Å². The van der Waals surface area contributed by atoms with E-state index in [0.29, 0.717) is 29.9 Å². The summed E-state index contributed by atoms with van der Waals surface area (Å²) in [5.74, 6) is 0.573. The predicted octanol–water partition coefficient (Wildman–Crippen LogP) is 1.56. The number of pyridine rings is 1. The molecule has 6 nitrogen and oxygen atoms in total. The van der Waals surface area contributed by atoms with Crippen molar-refractivity contribution in [1.29, 1.82) is 0 Å². The summed E-state index contributed by atoms with van der Waals surface area (Å²) in [5, 5.41) is 0.536. The van der Waals surface area contributed by atoms with E-state index in [2.05, 4.69) is 9.71 Å². The fourth-order valence-electron chi connectivity index (χ4n) is 1.98. The van der Waals surface area contributed by atoms with Crippen LogP contribution in [0.15, 0.2) is 35.4 Å². The van der Waals surface area contributed by atoms with Gasteiger partial charge >= 0.3 is 0 Å². The van der Waals surface area contributed by atoms with E-state index in [0.717, 1.165) is 0 Å². The number of benzene rings is 1. The van der Waals surface area contributed by atoms with Crippen LogP contribution in [-0.4, -0.2) is 40.3 Å². The summed E-state index contributed by atoms with van der Waals surface area (Å²) in [6.07, 6.45) is 1.61. The molecule has 7 heteroatoms. The van der Waals surface area contributed by atoms with Gasteiger partial charge in [0, 0.05) is 25.2 Å². The molecule has 0 aliphatic rings. The van der Waals surface area contributed by atoms with Crippen LogP contribution in [-0.2, 0) is 14.8 Å². The molecule has 0 atom stereocenters. The first-order valence-corrected chi connectivity index (χ1v) is 8.07. The van der Waals surface area contributed by atoms with Crippen molar-refractivity contribution in [2.45, 2.75) is 11.8 Å². The Kier molecular flexibility index (Phi) is 5.11. The van der Waals surface area contributed by atoms with E-state index in [-0.39, 0.29) is 11.4 Å². The summed E-state index contributed by atoms with van der Waals surface area (Å²) < 4.78 is 37.5. The first-order valence-electron chi connectivity index (χ1n) is 6.59. The van der Waals surface area contributed by atoms with E-state index in [1.165, 1.54) is 13.2 Å². The topological polar surface area (TPSA) is 77.5 Å². The zero-order valence-electron chi connectivity index (χ0n) is 12.0. The number of hydrogen-bond acceptors (Lipinski definition) is 5. The molecule has 0 spiro atoms. The van der Waals surface area contributed by atoms with Crippen LogP contribution >= 0.6 is 0 Å². The summed E-state index contributed by atoms with van der Waals surface area (Å²) >= 11 is 0. The molecule has 0 aliphatic heterocycles. The van der Waals surface area contributed by atoms with Gasteiger partial charge in [-0.3, -0.25) is 4.98 Å². The van der Waals surface area contributed by atoms with Crippen molar-refractivity contribution in [3.8, 4) is 5.75 Å². The Bertz CT molecular complexity index is 716. The molecule has 0 unspecified atom stereocenters. The van der Waals surface area contributed by atoms with Gasteiger partial charge in [0.15, 0.2) is 0 Å². The molecule has 1 N–H and O–H groups in total. The normalized spacial score (nSPS) is 11.7. The van der Waals surface area contributed by atoms with E-state index in [1.807, 2.05) is 6.92 Å². The van der Waals surface area contributed by atoms with Gasteiger partial charge in [0.1, 0.15) is 11.3 Å². The van der Waals surface area contributed by atoms with Crippen molar-refractivity contribution in [2.75, 3.05) is 26.9 Å². The number of aromatic nitrogens is 1. The second-order valence-electron chi connectivity index (χ2n) is 4.28. The van der Waals surface area contributed by atoms with E-state index in [4.69, 9.17) is 9.47 Å². The Morgan fingerprint density at radius 2 is 2.10 bits per heavy atom. The molecule has 2 aromatic rings. The van der Waals surface area contributed by atoms with Crippen molar-refractivity contribution in [3.05, 3.63) is 30.5 Å². The van der Waals surface area contributed by atoms with Crippen LogP contribution in [0.1, 0.15) is 6.92 Å². The van der Waals surface area contributed by atoms with E-state index in [1.54, 1.807) is 24.4 Å². The molecule has 114 valence electrons. The lowest BCUT2D eigenvalue weighted by Crippen LogP contribution is -2.27. The molecule has 0 saturated heterocycles. The third kappa shape index (κ3) is 3.49. The average molecular weight is 310 g/mol. The van der Waals surface area contributed by atoms with Crippen LogP contribution in [0.5, 0.6) is 5.75 Å². The molecule has 0 bridgehead atoms. The zero-order valence-corrected chi connectivity index (χ0v) is 12.8. The standard InChI is InChI=1S/C14H18N2O4S/c1-3-20-12-6-7-13(11-5-4-8-15-14(11)12)21(17,18)16-9-10-19-2/h4-8,16H,3,9-10H2,1-2H3. The number of hydrogen-bond donors (Lipinski definition) is 1. The molecule has 0 radical (unpaired) electrons. The quantitative estimate of drug-likeness (QED) is 0.785. The van der Waals surface area contributed by atoms with Gasteiger partial charge < -0.3 is 9.47 Å². The van der Waals surface area contributed by atoms with Gasteiger partial charge in [-0.1, -0.05) is 0 Å². The number of sulfonamides is 1.